The van der Waals surface area contributed by atoms with Crippen LogP contribution in [0.3, 0.4) is 0 Å². The second kappa shape index (κ2) is 2.84. The van der Waals surface area contributed by atoms with Crippen LogP contribution < -0.4 is 0 Å². The summed E-state index contributed by atoms with van der Waals surface area (Å²) in [5, 5.41) is 14.3. The molecule has 0 aliphatic heterocycles. The molecule has 1 rings (SSSR count). The monoisotopic (exact) mass is 139 g/mol. The highest BCUT2D eigenvalue weighted by Gasteiger charge is 1.97. The number of hydrogen-bond acceptors (Lipinski definition) is 1. The summed E-state index contributed by atoms with van der Waals surface area (Å²) in [5.41, 5.74) is 2.04. The lowest BCUT2D eigenvalue weighted by atomic mass is 10.4. The molecule has 0 unspecified atom stereocenters. The van der Waals surface area contributed by atoms with Gasteiger partial charge in [-0.1, -0.05) is 0 Å². The van der Waals surface area contributed by atoms with Crippen molar-refractivity contribution in [1.29, 1.82) is 0 Å². The minimum absolute atomic E-state index is 0.0953. The normalized spacial score (nSPS) is 10.3. The van der Waals surface area contributed by atoms with E-state index in [1.165, 1.54) is 0 Å². The molecule has 1 heterocycles. The highest BCUT2D eigenvalue weighted by Crippen LogP contribution is 2.00. The van der Waals surface area contributed by atoms with E-state index in [0.717, 1.165) is 11.4 Å². The zero-order chi connectivity index (χ0) is 7.56. The van der Waals surface area contributed by atoms with Gasteiger partial charge in [0.25, 0.3) is 0 Å². The van der Waals surface area contributed by atoms with E-state index in [9.17, 15) is 5.11 Å². The fraction of sp³-hybridized carbons (Fsp3) is 0.571. The summed E-state index contributed by atoms with van der Waals surface area (Å²) in [7, 11) is 0. The molecule has 0 fully saturated rings. The molecule has 0 spiro atoms. The van der Waals surface area contributed by atoms with E-state index in [2.05, 4.69) is 5.10 Å². The number of hydrogen-bond donors (Lipinski definition) is 0. The topological polar surface area (TPSA) is 37.7 Å². The van der Waals surface area contributed by atoms with E-state index in [0.29, 0.717) is 6.54 Å². The Morgan fingerprint density at radius 2 is 2.30 bits per heavy atom. The Bertz CT molecular complexity index is 217. The summed E-state index contributed by atoms with van der Waals surface area (Å²) in [4.78, 5) is 0. The molecule has 55 valence electrons. The van der Waals surface area contributed by atoms with Gasteiger partial charge in [0.05, 0.1) is 12.2 Å². The van der Waals surface area contributed by atoms with Crippen LogP contribution in [0.2, 0.25) is 0 Å². The quantitative estimate of drug-likeness (QED) is 0.600. The Morgan fingerprint density at radius 1 is 1.60 bits per heavy atom. The average Bonchev–Trinajstić information content (AvgIpc) is 2.13. The van der Waals surface area contributed by atoms with Gasteiger partial charge in [-0.15, -0.1) is 0 Å². The summed E-state index contributed by atoms with van der Waals surface area (Å²) >= 11 is 0. The molecule has 0 aliphatic rings. The van der Waals surface area contributed by atoms with Crippen LogP contribution in [0, 0.1) is 13.8 Å². The second-order valence-electron chi connectivity index (χ2n) is 2.35. The van der Waals surface area contributed by atoms with Crippen LogP contribution in [-0.4, -0.2) is 16.4 Å². The molecule has 0 saturated heterocycles. The van der Waals surface area contributed by atoms with Crippen molar-refractivity contribution in [3.8, 4) is 0 Å². The van der Waals surface area contributed by atoms with Crippen molar-refractivity contribution in [3.63, 3.8) is 0 Å². The largest absolute Gasteiger partial charge is 0.267 e. The minimum atomic E-state index is -0.0953. The van der Waals surface area contributed by atoms with Gasteiger partial charge in [-0.3, -0.25) is 4.68 Å². The molecule has 3 heteroatoms. The van der Waals surface area contributed by atoms with Crippen molar-refractivity contribution in [2.24, 2.45) is 0 Å². The van der Waals surface area contributed by atoms with Crippen LogP contribution in [-0.2, 0) is 11.7 Å². The predicted octanol–water partition coefficient (Wildman–Crippen LogP) is 0.930. The SMILES string of the molecule is Cc1cc(C)n(CC[O])n1. The molecular weight excluding hydrogens is 128 g/mol. The van der Waals surface area contributed by atoms with Crippen LogP contribution in [0.1, 0.15) is 11.4 Å². The molecular formula is C7H11N2O. The third-order valence-electron chi connectivity index (χ3n) is 1.41. The van der Waals surface area contributed by atoms with E-state index >= 15 is 0 Å². The zero-order valence-corrected chi connectivity index (χ0v) is 6.29. The molecule has 1 aromatic rings. The van der Waals surface area contributed by atoms with Crippen molar-refractivity contribution >= 4 is 0 Å². The smallest absolute Gasteiger partial charge is 0.102 e. The van der Waals surface area contributed by atoms with Gasteiger partial charge in [0, 0.05) is 5.69 Å². The van der Waals surface area contributed by atoms with E-state index in [4.69, 9.17) is 0 Å². The number of nitrogens with zero attached hydrogens (tertiary/aromatic N) is 2. The summed E-state index contributed by atoms with van der Waals surface area (Å²) < 4.78 is 1.74. The maximum absolute atomic E-state index is 10.2. The first-order valence-electron chi connectivity index (χ1n) is 3.33. The van der Waals surface area contributed by atoms with Gasteiger partial charge in [0.1, 0.15) is 6.61 Å². The highest BCUT2D eigenvalue weighted by atomic mass is 16.3. The predicted molar refractivity (Wildman–Crippen MR) is 37.3 cm³/mol. The highest BCUT2D eigenvalue weighted by molar-refractivity contribution is 5.06. The molecule has 1 radical (unpaired) electrons. The van der Waals surface area contributed by atoms with Crippen molar-refractivity contribution < 1.29 is 5.11 Å². The van der Waals surface area contributed by atoms with Gasteiger partial charge in [0.2, 0.25) is 0 Å². The van der Waals surface area contributed by atoms with Gasteiger partial charge in [-0.25, -0.2) is 5.11 Å². The first-order valence-corrected chi connectivity index (χ1v) is 3.33. The summed E-state index contributed by atoms with van der Waals surface area (Å²) in [6, 6.07) is 1.97. The molecule has 0 amide bonds. The van der Waals surface area contributed by atoms with Gasteiger partial charge in [-0.05, 0) is 19.9 Å². The molecule has 3 nitrogen and oxygen atoms in total. The van der Waals surface area contributed by atoms with E-state index in [-0.39, 0.29) is 6.61 Å². The van der Waals surface area contributed by atoms with Crippen molar-refractivity contribution in [3.05, 3.63) is 17.5 Å². The molecule has 0 atom stereocenters. The Kier molecular flexibility index (Phi) is 2.06. The van der Waals surface area contributed by atoms with Crippen LogP contribution in [0.4, 0.5) is 0 Å². The van der Waals surface area contributed by atoms with Gasteiger partial charge < -0.3 is 0 Å². The Hall–Kier alpha value is -0.830. The fourth-order valence-corrected chi connectivity index (χ4v) is 0.988. The number of aromatic nitrogens is 2. The van der Waals surface area contributed by atoms with Gasteiger partial charge >= 0.3 is 0 Å². The standard InChI is InChI=1S/C7H11N2O/c1-6-5-7(2)9(8-6)3-4-10/h5H,3-4H2,1-2H3. The van der Waals surface area contributed by atoms with Gasteiger partial charge in [0.15, 0.2) is 0 Å². The lowest BCUT2D eigenvalue weighted by molar-refractivity contribution is 0.176. The first-order chi connectivity index (χ1) is 4.74. The summed E-state index contributed by atoms with van der Waals surface area (Å²) in [5.74, 6) is 0. The van der Waals surface area contributed by atoms with E-state index in [1.54, 1.807) is 4.68 Å². The average molecular weight is 139 g/mol. The minimum Gasteiger partial charge on any atom is -0.267 e. The van der Waals surface area contributed by atoms with Crippen LogP contribution in [0.25, 0.3) is 0 Å². The lowest BCUT2D eigenvalue weighted by Crippen LogP contribution is -2.04. The molecule has 0 saturated carbocycles. The number of aryl methyl sites for hydroxylation is 2. The Labute approximate surface area is 60.3 Å². The van der Waals surface area contributed by atoms with Gasteiger partial charge in [-0.2, -0.15) is 5.10 Å². The molecule has 0 N–H and O–H groups in total. The maximum atomic E-state index is 10.2. The Balaban J connectivity index is 2.81. The first kappa shape index (κ1) is 7.28. The molecule has 0 bridgehead atoms. The molecule has 10 heavy (non-hydrogen) atoms. The lowest BCUT2D eigenvalue weighted by Gasteiger charge is -1.97. The van der Waals surface area contributed by atoms with E-state index < -0.39 is 0 Å². The maximum Gasteiger partial charge on any atom is 0.102 e. The van der Waals surface area contributed by atoms with E-state index in [1.807, 2.05) is 19.9 Å². The van der Waals surface area contributed by atoms with Crippen molar-refractivity contribution in [2.45, 2.75) is 20.4 Å². The molecule has 0 aromatic carbocycles. The van der Waals surface area contributed by atoms with Crippen molar-refractivity contribution in [2.75, 3.05) is 6.61 Å². The zero-order valence-electron chi connectivity index (χ0n) is 6.29. The van der Waals surface area contributed by atoms with Crippen LogP contribution in [0.5, 0.6) is 0 Å². The number of rotatable bonds is 2. The fourth-order valence-electron chi connectivity index (χ4n) is 0.988. The molecule has 1 aromatic heterocycles. The summed E-state index contributed by atoms with van der Waals surface area (Å²) in [6.07, 6.45) is 0. The summed E-state index contributed by atoms with van der Waals surface area (Å²) in [6.45, 7) is 4.27. The van der Waals surface area contributed by atoms with Crippen LogP contribution >= 0.6 is 0 Å². The van der Waals surface area contributed by atoms with Crippen LogP contribution in [0.15, 0.2) is 6.07 Å². The van der Waals surface area contributed by atoms with Crippen molar-refractivity contribution in [1.82, 2.24) is 9.78 Å². The third kappa shape index (κ3) is 1.36. The second-order valence-corrected chi connectivity index (χ2v) is 2.35. The Morgan fingerprint density at radius 3 is 2.70 bits per heavy atom. The molecule has 0 aliphatic carbocycles. The third-order valence-corrected chi connectivity index (χ3v) is 1.41.